The van der Waals surface area contributed by atoms with Crippen molar-refractivity contribution in [2.75, 3.05) is 26.2 Å². The lowest BCUT2D eigenvalue weighted by Crippen LogP contribution is -2.46. The summed E-state index contributed by atoms with van der Waals surface area (Å²) in [5.74, 6) is -0.390. The first kappa shape index (κ1) is 13.2. The van der Waals surface area contributed by atoms with Crippen LogP contribution in [-0.4, -0.2) is 53.1 Å². The molecule has 5 nitrogen and oxygen atoms in total. The molecule has 0 unspecified atom stereocenters. The fraction of sp³-hybridized carbons (Fsp3) is 0.846. The van der Waals surface area contributed by atoms with Gasteiger partial charge >= 0.3 is 12.0 Å². The third-order valence-corrected chi connectivity index (χ3v) is 3.65. The Morgan fingerprint density at radius 3 is 2.22 bits per heavy atom. The van der Waals surface area contributed by atoms with E-state index in [1.807, 2.05) is 4.90 Å². The molecular weight excluding hydrogens is 232 g/mol. The molecule has 0 bridgehead atoms. The minimum absolute atomic E-state index is 0.0776. The molecule has 0 radical (unpaired) electrons. The molecule has 0 spiro atoms. The van der Waals surface area contributed by atoms with Crippen LogP contribution in [0.25, 0.3) is 0 Å². The molecule has 1 saturated carbocycles. The van der Waals surface area contributed by atoms with Gasteiger partial charge in [0, 0.05) is 19.6 Å². The second-order valence-electron chi connectivity index (χ2n) is 5.40. The van der Waals surface area contributed by atoms with Gasteiger partial charge in [0.15, 0.2) is 0 Å². The Bertz CT molecular complexity index is 307. The molecule has 1 aliphatic carbocycles. The molecule has 0 aromatic heterocycles. The van der Waals surface area contributed by atoms with Crippen molar-refractivity contribution in [3.8, 4) is 0 Å². The highest BCUT2D eigenvalue weighted by Crippen LogP contribution is 2.30. The van der Waals surface area contributed by atoms with E-state index in [-0.39, 0.29) is 12.6 Å². The van der Waals surface area contributed by atoms with E-state index < -0.39 is 5.97 Å². The van der Waals surface area contributed by atoms with E-state index in [4.69, 9.17) is 5.11 Å². The average Bonchev–Trinajstić information content (AvgIpc) is 3.13. The lowest BCUT2D eigenvalue weighted by molar-refractivity contribution is -0.137. The predicted octanol–water partition coefficient (Wildman–Crippen LogP) is 1.78. The van der Waals surface area contributed by atoms with Crippen molar-refractivity contribution >= 4 is 12.0 Å². The quantitative estimate of drug-likeness (QED) is 0.832. The van der Waals surface area contributed by atoms with Crippen LogP contribution in [0.5, 0.6) is 0 Å². The molecule has 0 aromatic carbocycles. The van der Waals surface area contributed by atoms with Crippen molar-refractivity contribution in [3.05, 3.63) is 0 Å². The van der Waals surface area contributed by atoms with Crippen molar-refractivity contribution in [1.82, 2.24) is 9.80 Å². The van der Waals surface area contributed by atoms with Gasteiger partial charge in [-0.2, -0.15) is 0 Å². The van der Waals surface area contributed by atoms with E-state index in [0.717, 1.165) is 38.8 Å². The topological polar surface area (TPSA) is 60.9 Å². The monoisotopic (exact) mass is 254 g/mol. The maximum atomic E-state index is 12.3. The number of rotatable bonds is 4. The van der Waals surface area contributed by atoms with E-state index in [1.165, 1.54) is 17.7 Å². The molecular formula is C13H22N2O3. The van der Waals surface area contributed by atoms with Crippen LogP contribution >= 0.6 is 0 Å². The zero-order chi connectivity index (χ0) is 13.0. The zero-order valence-corrected chi connectivity index (χ0v) is 10.8. The van der Waals surface area contributed by atoms with Crippen LogP contribution in [0.2, 0.25) is 0 Å². The minimum atomic E-state index is -0.918. The highest BCUT2D eigenvalue weighted by atomic mass is 16.4. The van der Waals surface area contributed by atoms with Crippen LogP contribution in [-0.2, 0) is 4.79 Å². The summed E-state index contributed by atoms with van der Waals surface area (Å²) in [6.07, 6.45) is 6.68. The third-order valence-electron chi connectivity index (χ3n) is 3.65. The summed E-state index contributed by atoms with van der Waals surface area (Å²) in [5, 5.41) is 8.91. The summed E-state index contributed by atoms with van der Waals surface area (Å²) in [6, 6.07) is -0.0776. The summed E-state index contributed by atoms with van der Waals surface area (Å²) in [6.45, 7) is 2.01. The Morgan fingerprint density at radius 2 is 1.72 bits per heavy atom. The molecule has 5 heteroatoms. The first-order valence-electron chi connectivity index (χ1n) is 6.92. The Morgan fingerprint density at radius 1 is 1.11 bits per heavy atom. The van der Waals surface area contributed by atoms with Crippen molar-refractivity contribution < 1.29 is 14.7 Å². The number of aliphatic carboxylic acids is 1. The fourth-order valence-corrected chi connectivity index (χ4v) is 2.45. The zero-order valence-electron chi connectivity index (χ0n) is 10.8. The number of carboxylic acid groups (broad SMARTS) is 1. The number of carboxylic acids is 1. The van der Waals surface area contributed by atoms with E-state index in [1.54, 1.807) is 0 Å². The van der Waals surface area contributed by atoms with E-state index in [9.17, 15) is 9.59 Å². The molecule has 0 atom stereocenters. The van der Waals surface area contributed by atoms with Crippen LogP contribution in [0.4, 0.5) is 4.79 Å². The first-order chi connectivity index (χ1) is 8.66. The number of amides is 2. The SMILES string of the molecule is O=C(O)CN(CC1CC1)C(=O)N1CCCCCC1. The molecule has 18 heavy (non-hydrogen) atoms. The predicted molar refractivity (Wildman–Crippen MR) is 67.4 cm³/mol. The fourth-order valence-electron chi connectivity index (χ4n) is 2.45. The molecule has 2 aliphatic rings. The molecule has 102 valence electrons. The van der Waals surface area contributed by atoms with E-state index >= 15 is 0 Å². The normalized spacial score (nSPS) is 20.3. The Kier molecular flexibility index (Phi) is 4.44. The van der Waals surface area contributed by atoms with E-state index in [2.05, 4.69) is 0 Å². The maximum absolute atomic E-state index is 12.3. The minimum Gasteiger partial charge on any atom is -0.480 e. The maximum Gasteiger partial charge on any atom is 0.323 e. The lowest BCUT2D eigenvalue weighted by atomic mass is 10.2. The second-order valence-corrected chi connectivity index (χ2v) is 5.40. The summed E-state index contributed by atoms with van der Waals surface area (Å²) in [4.78, 5) is 26.5. The number of carbonyl (C=O) groups excluding carboxylic acids is 1. The van der Waals surface area contributed by atoms with Crippen molar-refractivity contribution in [2.24, 2.45) is 5.92 Å². The molecule has 1 aliphatic heterocycles. The van der Waals surface area contributed by atoms with Gasteiger partial charge in [0.05, 0.1) is 0 Å². The smallest absolute Gasteiger partial charge is 0.323 e. The van der Waals surface area contributed by atoms with Gasteiger partial charge in [0.1, 0.15) is 6.54 Å². The standard InChI is InChI=1S/C13H22N2O3/c16-12(17)10-15(9-11-5-6-11)13(18)14-7-3-1-2-4-8-14/h11H,1-10H2,(H,16,17). The Labute approximate surface area is 108 Å². The molecule has 2 fully saturated rings. The van der Waals surface area contributed by atoms with Gasteiger partial charge < -0.3 is 14.9 Å². The molecule has 2 rings (SSSR count). The van der Waals surface area contributed by atoms with Gasteiger partial charge in [-0.25, -0.2) is 4.79 Å². The van der Waals surface area contributed by atoms with E-state index in [0.29, 0.717) is 12.5 Å². The lowest BCUT2D eigenvalue weighted by Gasteiger charge is -2.29. The number of hydrogen-bond acceptors (Lipinski definition) is 2. The number of hydrogen-bond donors (Lipinski definition) is 1. The Balaban J connectivity index is 1.93. The molecule has 1 N–H and O–H groups in total. The van der Waals surface area contributed by atoms with Gasteiger partial charge in [-0.1, -0.05) is 12.8 Å². The largest absolute Gasteiger partial charge is 0.480 e. The average molecular weight is 254 g/mol. The Hall–Kier alpha value is -1.26. The number of nitrogens with zero attached hydrogens (tertiary/aromatic N) is 2. The number of carbonyl (C=O) groups is 2. The number of likely N-dealkylation sites (tertiary alicyclic amines) is 1. The number of urea groups is 1. The van der Waals surface area contributed by atoms with Gasteiger partial charge in [-0.05, 0) is 31.6 Å². The second kappa shape index (κ2) is 6.07. The van der Waals surface area contributed by atoms with Crippen LogP contribution in [0, 0.1) is 5.92 Å². The highest BCUT2D eigenvalue weighted by molar-refractivity contribution is 5.80. The van der Waals surface area contributed by atoms with Crippen LogP contribution in [0.1, 0.15) is 38.5 Å². The van der Waals surface area contributed by atoms with Crippen molar-refractivity contribution in [1.29, 1.82) is 0 Å². The van der Waals surface area contributed by atoms with Crippen LogP contribution in [0.3, 0.4) is 0 Å². The third kappa shape index (κ3) is 3.89. The van der Waals surface area contributed by atoms with Crippen LogP contribution < -0.4 is 0 Å². The van der Waals surface area contributed by atoms with Gasteiger partial charge in [-0.15, -0.1) is 0 Å². The van der Waals surface area contributed by atoms with Crippen LogP contribution in [0.15, 0.2) is 0 Å². The van der Waals surface area contributed by atoms with Gasteiger partial charge in [0.2, 0.25) is 0 Å². The summed E-state index contributed by atoms with van der Waals surface area (Å²) in [7, 11) is 0. The molecule has 1 saturated heterocycles. The molecule has 0 aromatic rings. The summed E-state index contributed by atoms with van der Waals surface area (Å²) >= 11 is 0. The van der Waals surface area contributed by atoms with Gasteiger partial charge in [-0.3, -0.25) is 4.79 Å². The summed E-state index contributed by atoms with van der Waals surface area (Å²) < 4.78 is 0. The van der Waals surface area contributed by atoms with Crippen molar-refractivity contribution in [3.63, 3.8) is 0 Å². The highest BCUT2D eigenvalue weighted by Gasteiger charge is 2.30. The van der Waals surface area contributed by atoms with Crippen molar-refractivity contribution in [2.45, 2.75) is 38.5 Å². The molecule has 2 amide bonds. The van der Waals surface area contributed by atoms with Gasteiger partial charge in [0.25, 0.3) is 0 Å². The molecule has 1 heterocycles. The summed E-state index contributed by atoms with van der Waals surface area (Å²) in [5.41, 5.74) is 0. The first-order valence-corrected chi connectivity index (χ1v) is 6.92.